The van der Waals surface area contributed by atoms with Crippen molar-refractivity contribution in [3.05, 3.63) is 95.1 Å². The number of pyridine rings is 1. The van der Waals surface area contributed by atoms with Crippen LogP contribution in [0.2, 0.25) is 0 Å². The van der Waals surface area contributed by atoms with E-state index in [0.717, 1.165) is 33.3 Å². The Morgan fingerprint density at radius 1 is 0.821 bits per heavy atom. The number of fused-ring (bicyclic) bond motifs is 1. The zero-order valence-corrected chi connectivity index (χ0v) is 16.2. The molecule has 0 amide bonds. The topological polar surface area (TPSA) is 39.2 Å². The Morgan fingerprint density at radius 2 is 1.57 bits per heavy atom. The van der Waals surface area contributed by atoms with E-state index in [4.69, 9.17) is 9.72 Å². The monoisotopic (exact) mass is 367 g/mol. The summed E-state index contributed by atoms with van der Waals surface area (Å²) < 4.78 is 5.69. The van der Waals surface area contributed by atoms with E-state index >= 15 is 0 Å². The van der Waals surface area contributed by atoms with Crippen molar-refractivity contribution >= 4 is 16.9 Å². The number of para-hydroxylation sites is 1. The maximum atomic E-state index is 13.0. The molecule has 0 fully saturated rings. The highest BCUT2D eigenvalue weighted by molar-refractivity contribution is 6.05. The fourth-order valence-corrected chi connectivity index (χ4v) is 3.16. The number of benzene rings is 3. The molecule has 3 aromatic carbocycles. The molecule has 0 unspecified atom stereocenters. The van der Waals surface area contributed by atoms with E-state index in [-0.39, 0.29) is 5.97 Å². The van der Waals surface area contributed by atoms with E-state index in [9.17, 15) is 4.79 Å². The SMILES string of the molecule is Cc1ccc(-c2cc(C(=O)Oc3ccc(C)c(C)c3)c3ccccc3n2)cc1. The summed E-state index contributed by atoms with van der Waals surface area (Å²) in [6.07, 6.45) is 0. The van der Waals surface area contributed by atoms with Gasteiger partial charge in [-0.2, -0.15) is 0 Å². The van der Waals surface area contributed by atoms with E-state index in [1.54, 1.807) is 0 Å². The zero-order chi connectivity index (χ0) is 19.7. The summed E-state index contributed by atoms with van der Waals surface area (Å²) in [6, 6.07) is 23.3. The van der Waals surface area contributed by atoms with E-state index in [1.807, 2.05) is 93.6 Å². The third-order valence-corrected chi connectivity index (χ3v) is 4.97. The standard InChI is InChI=1S/C25H21NO2/c1-16-8-11-19(12-9-16)24-15-22(21-6-4-5-7-23(21)26-24)25(27)28-20-13-10-17(2)18(3)14-20/h4-15H,1-3H3. The minimum atomic E-state index is -0.379. The predicted octanol–water partition coefficient (Wildman–Crippen LogP) is 6.05. The Labute approximate surface area is 164 Å². The minimum absolute atomic E-state index is 0.379. The third-order valence-electron chi connectivity index (χ3n) is 4.97. The first-order chi connectivity index (χ1) is 13.5. The van der Waals surface area contributed by atoms with Crippen molar-refractivity contribution in [2.75, 3.05) is 0 Å². The molecule has 0 radical (unpaired) electrons. The van der Waals surface area contributed by atoms with Crippen molar-refractivity contribution in [1.82, 2.24) is 4.98 Å². The highest BCUT2D eigenvalue weighted by atomic mass is 16.5. The van der Waals surface area contributed by atoms with Gasteiger partial charge in [0, 0.05) is 10.9 Å². The summed E-state index contributed by atoms with van der Waals surface area (Å²) in [5, 5.41) is 0.784. The molecule has 28 heavy (non-hydrogen) atoms. The lowest BCUT2D eigenvalue weighted by atomic mass is 10.0. The molecule has 1 heterocycles. The molecular weight excluding hydrogens is 346 g/mol. The molecule has 0 bridgehead atoms. The first-order valence-electron chi connectivity index (χ1n) is 9.27. The molecule has 0 atom stereocenters. The number of hydrogen-bond acceptors (Lipinski definition) is 3. The molecule has 0 aliphatic heterocycles. The number of hydrogen-bond donors (Lipinski definition) is 0. The highest BCUT2D eigenvalue weighted by Crippen LogP contribution is 2.27. The maximum absolute atomic E-state index is 13.0. The summed E-state index contributed by atoms with van der Waals surface area (Å²) in [6.45, 7) is 6.08. The van der Waals surface area contributed by atoms with Gasteiger partial charge in [-0.1, -0.05) is 54.1 Å². The van der Waals surface area contributed by atoms with E-state index in [2.05, 4.69) is 0 Å². The summed E-state index contributed by atoms with van der Waals surface area (Å²) in [4.78, 5) is 17.8. The Kier molecular flexibility index (Phi) is 4.66. The maximum Gasteiger partial charge on any atom is 0.344 e. The third kappa shape index (κ3) is 3.52. The summed E-state index contributed by atoms with van der Waals surface area (Å²) >= 11 is 0. The molecule has 4 rings (SSSR count). The fourth-order valence-electron chi connectivity index (χ4n) is 3.16. The minimum Gasteiger partial charge on any atom is -0.423 e. The van der Waals surface area contributed by atoms with Gasteiger partial charge in [-0.15, -0.1) is 0 Å². The lowest BCUT2D eigenvalue weighted by molar-refractivity contribution is 0.0736. The van der Waals surface area contributed by atoms with Crippen LogP contribution in [0.5, 0.6) is 5.75 Å². The molecular formula is C25H21NO2. The van der Waals surface area contributed by atoms with Gasteiger partial charge >= 0.3 is 5.97 Å². The van der Waals surface area contributed by atoms with Gasteiger partial charge in [0.1, 0.15) is 5.75 Å². The van der Waals surface area contributed by atoms with Crippen molar-refractivity contribution in [2.24, 2.45) is 0 Å². The van der Waals surface area contributed by atoms with Gasteiger partial charge in [-0.3, -0.25) is 0 Å². The fraction of sp³-hybridized carbons (Fsp3) is 0.120. The van der Waals surface area contributed by atoms with Crippen molar-refractivity contribution < 1.29 is 9.53 Å². The van der Waals surface area contributed by atoms with Gasteiger partial charge in [0.2, 0.25) is 0 Å². The number of aryl methyl sites for hydroxylation is 3. The van der Waals surface area contributed by atoms with Crippen LogP contribution < -0.4 is 4.74 Å². The number of rotatable bonds is 3. The van der Waals surface area contributed by atoms with Crippen LogP contribution in [0.1, 0.15) is 27.0 Å². The first-order valence-corrected chi connectivity index (χ1v) is 9.27. The molecule has 3 nitrogen and oxygen atoms in total. The highest BCUT2D eigenvalue weighted by Gasteiger charge is 2.16. The summed E-state index contributed by atoms with van der Waals surface area (Å²) in [5.41, 5.74) is 6.44. The van der Waals surface area contributed by atoms with Crippen LogP contribution in [-0.2, 0) is 0 Å². The molecule has 1 aromatic heterocycles. The number of ether oxygens (including phenoxy) is 1. The second-order valence-electron chi connectivity index (χ2n) is 7.07. The van der Waals surface area contributed by atoms with Crippen LogP contribution >= 0.6 is 0 Å². The number of esters is 1. The van der Waals surface area contributed by atoms with Crippen molar-refractivity contribution in [1.29, 1.82) is 0 Å². The van der Waals surface area contributed by atoms with E-state index < -0.39 is 0 Å². The van der Waals surface area contributed by atoms with Crippen LogP contribution in [0.15, 0.2) is 72.8 Å². The largest absolute Gasteiger partial charge is 0.423 e. The predicted molar refractivity (Wildman–Crippen MR) is 113 cm³/mol. The van der Waals surface area contributed by atoms with Gasteiger partial charge in [-0.05, 0) is 56.2 Å². The zero-order valence-electron chi connectivity index (χ0n) is 16.2. The molecule has 0 saturated heterocycles. The number of carbonyl (C=O) groups is 1. The van der Waals surface area contributed by atoms with E-state index in [1.165, 1.54) is 5.56 Å². The average molecular weight is 367 g/mol. The Hall–Kier alpha value is -3.46. The van der Waals surface area contributed by atoms with E-state index in [0.29, 0.717) is 11.3 Å². The number of aromatic nitrogens is 1. The molecule has 0 spiro atoms. The normalized spacial score (nSPS) is 10.8. The van der Waals surface area contributed by atoms with Gasteiger partial charge in [0.15, 0.2) is 0 Å². The quantitative estimate of drug-likeness (QED) is 0.327. The lowest BCUT2D eigenvalue weighted by Crippen LogP contribution is -2.10. The molecule has 0 N–H and O–H groups in total. The van der Waals surface area contributed by atoms with Crippen molar-refractivity contribution in [3.8, 4) is 17.0 Å². The van der Waals surface area contributed by atoms with Crippen molar-refractivity contribution in [3.63, 3.8) is 0 Å². The summed E-state index contributed by atoms with van der Waals surface area (Å²) in [5.74, 6) is 0.168. The smallest absolute Gasteiger partial charge is 0.344 e. The van der Waals surface area contributed by atoms with Crippen LogP contribution in [-0.4, -0.2) is 11.0 Å². The Morgan fingerprint density at radius 3 is 2.32 bits per heavy atom. The molecule has 4 aromatic rings. The van der Waals surface area contributed by atoms with Crippen molar-refractivity contribution in [2.45, 2.75) is 20.8 Å². The average Bonchev–Trinajstić information content (AvgIpc) is 2.70. The van der Waals surface area contributed by atoms with Gasteiger partial charge < -0.3 is 4.74 Å². The number of carbonyl (C=O) groups excluding carboxylic acids is 1. The molecule has 0 aliphatic rings. The molecule has 0 saturated carbocycles. The first kappa shape index (κ1) is 17.9. The molecule has 3 heteroatoms. The van der Waals surface area contributed by atoms with Crippen LogP contribution in [0.3, 0.4) is 0 Å². The Bertz CT molecular complexity index is 1180. The number of nitrogens with zero attached hydrogens (tertiary/aromatic N) is 1. The van der Waals surface area contributed by atoms with Gasteiger partial charge in [-0.25, -0.2) is 9.78 Å². The van der Waals surface area contributed by atoms with Gasteiger partial charge in [0.25, 0.3) is 0 Å². The molecule has 138 valence electrons. The second-order valence-corrected chi connectivity index (χ2v) is 7.07. The molecule has 0 aliphatic carbocycles. The second kappa shape index (κ2) is 7.28. The van der Waals surface area contributed by atoms with Crippen LogP contribution in [0.25, 0.3) is 22.2 Å². The van der Waals surface area contributed by atoms with Gasteiger partial charge in [0.05, 0.1) is 16.8 Å². The van der Waals surface area contributed by atoms with Crippen LogP contribution in [0, 0.1) is 20.8 Å². The lowest BCUT2D eigenvalue weighted by Gasteiger charge is -2.11. The summed E-state index contributed by atoms with van der Waals surface area (Å²) in [7, 11) is 0. The van der Waals surface area contributed by atoms with Crippen LogP contribution in [0.4, 0.5) is 0 Å². The Balaban J connectivity index is 1.79.